The Morgan fingerprint density at radius 2 is 2.23 bits per heavy atom. The molecule has 0 aromatic carbocycles. The van der Waals surface area contributed by atoms with Gasteiger partial charge in [-0.05, 0) is 6.07 Å². The fraction of sp³-hybridized carbons (Fsp3) is 0.286. The predicted molar refractivity (Wildman–Crippen MR) is 43.8 cm³/mol. The van der Waals surface area contributed by atoms with Crippen LogP contribution in [0.5, 0.6) is 5.75 Å². The largest absolute Gasteiger partial charge is 0.506 e. The topological polar surface area (TPSA) is 59.1 Å². The molecule has 0 atom stereocenters. The first-order chi connectivity index (χ1) is 6.06. The molecule has 0 bridgehead atoms. The van der Waals surface area contributed by atoms with Gasteiger partial charge in [-0.1, -0.05) is 11.6 Å². The summed E-state index contributed by atoms with van der Waals surface area (Å²) < 4.78 is 24.3. The van der Waals surface area contributed by atoms with E-state index in [0.29, 0.717) is 5.56 Å². The van der Waals surface area contributed by atoms with E-state index in [1.165, 1.54) is 0 Å². The minimum absolute atomic E-state index is 0.0446. The lowest BCUT2D eigenvalue weighted by molar-refractivity contribution is 0.142. The zero-order chi connectivity index (χ0) is 10.0. The number of rotatable bonds is 2. The van der Waals surface area contributed by atoms with E-state index >= 15 is 0 Å². The molecule has 3 N–H and O–H groups in total. The maximum Gasteiger partial charge on any atom is 0.284 e. The van der Waals surface area contributed by atoms with E-state index in [-0.39, 0.29) is 11.7 Å². The number of pyridine rings is 1. The van der Waals surface area contributed by atoms with Crippen LogP contribution in [0, 0.1) is 0 Å². The molecule has 0 aliphatic heterocycles. The van der Waals surface area contributed by atoms with E-state index < -0.39 is 17.9 Å². The number of aromatic nitrogens is 1. The minimum Gasteiger partial charge on any atom is -0.506 e. The van der Waals surface area contributed by atoms with Gasteiger partial charge >= 0.3 is 0 Å². The molecule has 1 rings (SSSR count). The maximum atomic E-state index is 12.1. The van der Waals surface area contributed by atoms with E-state index in [9.17, 15) is 8.78 Å². The molecule has 1 aromatic rings. The van der Waals surface area contributed by atoms with E-state index in [1.807, 2.05) is 0 Å². The third kappa shape index (κ3) is 2.05. The first kappa shape index (κ1) is 10.1. The van der Waals surface area contributed by atoms with Crippen LogP contribution in [0.25, 0.3) is 0 Å². The lowest BCUT2D eigenvalue weighted by atomic mass is 10.2. The van der Waals surface area contributed by atoms with Gasteiger partial charge in [-0.3, -0.25) is 0 Å². The second kappa shape index (κ2) is 3.85. The van der Waals surface area contributed by atoms with Crippen LogP contribution in [0.4, 0.5) is 8.78 Å². The molecule has 0 aliphatic rings. The molecule has 1 aromatic heterocycles. The monoisotopic (exact) mass is 208 g/mol. The van der Waals surface area contributed by atoms with Crippen LogP contribution < -0.4 is 5.73 Å². The molecule has 0 saturated heterocycles. The smallest absolute Gasteiger partial charge is 0.284 e. The Kier molecular flexibility index (Phi) is 3.00. The summed E-state index contributed by atoms with van der Waals surface area (Å²) in [6, 6.07) is 1.09. The normalized spacial score (nSPS) is 10.8. The van der Waals surface area contributed by atoms with Crippen LogP contribution in [0.2, 0.25) is 5.15 Å². The summed E-state index contributed by atoms with van der Waals surface area (Å²) in [5, 5.41) is 8.96. The average molecular weight is 209 g/mol. The molecule has 0 radical (unpaired) electrons. The Bertz CT molecular complexity index is 320. The number of hydrogen-bond acceptors (Lipinski definition) is 3. The molecule has 0 amide bonds. The van der Waals surface area contributed by atoms with Crippen molar-refractivity contribution in [2.75, 3.05) is 0 Å². The third-order valence-electron chi connectivity index (χ3n) is 1.48. The molecule has 0 spiro atoms. The van der Waals surface area contributed by atoms with Crippen LogP contribution in [-0.4, -0.2) is 10.1 Å². The first-order valence-electron chi connectivity index (χ1n) is 3.42. The molecule has 6 heteroatoms. The lowest BCUT2D eigenvalue weighted by Crippen LogP contribution is -2.01. The number of alkyl halides is 2. The molecule has 3 nitrogen and oxygen atoms in total. The molecule has 1 heterocycles. The highest BCUT2D eigenvalue weighted by Gasteiger charge is 2.17. The van der Waals surface area contributed by atoms with Gasteiger partial charge in [-0.25, -0.2) is 13.8 Å². The number of halogens is 3. The molecule has 0 saturated carbocycles. The molecule has 0 fully saturated rings. The number of hydrogen-bond donors (Lipinski definition) is 2. The first-order valence-corrected chi connectivity index (χ1v) is 3.80. The molecule has 0 unspecified atom stereocenters. The molecular weight excluding hydrogens is 202 g/mol. The summed E-state index contributed by atoms with van der Waals surface area (Å²) in [7, 11) is 0. The van der Waals surface area contributed by atoms with Gasteiger partial charge in [0.25, 0.3) is 6.43 Å². The van der Waals surface area contributed by atoms with Crippen molar-refractivity contribution in [2.45, 2.75) is 13.0 Å². The molecule has 0 aliphatic carbocycles. The summed E-state index contributed by atoms with van der Waals surface area (Å²) in [4.78, 5) is 3.33. The number of nitrogens with two attached hydrogens (primary N) is 1. The minimum atomic E-state index is -2.84. The van der Waals surface area contributed by atoms with E-state index in [0.717, 1.165) is 6.07 Å². The summed E-state index contributed by atoms with van der Waals surface area (Å²) in [6.07, 6.45) is -2.84. The van der Waals surface area contributed by atoms with E-state index in [2.05, 4.69) is 4.98 Å². The highest BCUT2D eigenvalue weighted by molar-refractivity contribution is 6.30. The SMILES string of the molecule is NCc1cc(O)c(C(F)F)nc1Cl. The summed E-state index contributed by atoms with van der Waals surface area (Å²) in [6.45, 7) is 0.0446. The zero-order valence-corrected chi connectivity index (χ0v) is 7.22. The van der Waals surface area contributed by atoms with Gasteiger partial charge in [0, 0.05) is 12.1 Å². The Hall–Kier alpha value is -0.940. The summed E-state index contributed by atoms with van der Waals surface area (Å²) >= 11 is 5.51. The Morgan fingerprint density at radius 1 is 1.62 bits per heavy atom. The van der Waals surface area contributed by atoms with Crippen LogP contribution >= 0.6 is 11.6 Å². The zero-order valence-electron chi connectivity index (χ0n) is 6.47. The molecular formula is C7H7ClF2N2O. The summed E-state index contributed by atoms with van der Waals surface area (Å²) in [5.41, 5.74) is 4.84. The van der Waals surface area contributed by atoms with Gasteiger partial charge in [0.15, 0.2) is 0 Å². The Labute approximate surface area is 78.1 Å². The Morgan fingerprint density at radius 3 is 2.69 bits per heavy atom. The quantitative estimate of drug-likeness (QED) is 0.729. The summed E-state index contributed by atoms with van der Waals surface area (Å²) in [5.74, 6) is -0.583. The van der Waals surface area contributed by atoms with E-state index in [1.54, 1.807) is 0 Å². The Balaban J connectivity index is 3.20. The number of aromatic hydroxyl groups is 1. The van der Waals surface area contributed by atoms with E-state index in [4.69, 9.17) is 22.4 Å². The third-order valence-corrected chi connectivity index (χ3v) is 1.81. The van der Waals surface area contributed by atoms with Crippen LogP contribution in [0.3, 0.4) is 0 Å². The standard InChI is InChI=1S/C7H7ClF2N2O/c8-6-3(2-11)1-4(13)5(12-6)7(9)10/h1,7,13H,2,11H2. The van der Waals surface area contributed by atoms with Crippen molar-refractivity contribution in [3.8, 4) is 5.75 Å². The van der Waals surface area contributed by atoms with Gasteiger partial charge in [0.2, 0.25) is 0 Å². The maximum absolute atomic E-state index is 12.1. The highest BCUT2D eigenvalue weighted by atomic mass is 35.5. The van der Waals surface area contributed by atoms with Crippen LogP contribution in [-0.2, 0) is 6.54 Å². The van der Waals surface area contributed by atoms with Gasteiger partial charge in [0.05, 0.1) is 0 Å². The average Bonchev–Trinajstić information content (AvgIpc) is 2.07. The van der Waals surface area contributed by atoms with Crippen molar-refractivity contribution in [1.29, 1.82) is 0 Å². The lowest BCUT2D eigenvalue weighted by Gasteiger charge is -2.06. The van der Waals surface area contributed by atoms with Crippen molar-refractivity contribution in [3.63, 3.8) is 0 Å². The van der Waals surface area contributed by atoms with Crippen molar-refractivity contribution < 1.29 is 13.9 Å². The van der Waals surface area contributed by atoms with Crippen molar-refractivity contribution in [1.82, 2.24) is 4.98 Å². The predicted octanol–water partition coefficient (Wildman–Crippen LogP) is 1.84. The number of nitrogens with zero attached hydrogens (tertiary/aromatic N) is 1. The fourth-order valence-corrected chi connectivity index (χ4v) is 1.06. The second-order valence-electron chi connectivity index (χ2n) is 2.35. The van der Waals surface area contributed by atoms with Crippen LogP contribution in [0.1, 0.15) is 17.7 Å². The van der Waals surface area contributed by atoms with Crippen molar-refractivity contribution >= 4 is 11.6 Å². The van der Waals surface area contributed by atoms with Crippen molar-refractivity contribution in [3.05, 3.63) is 22.5 Å². The van der Waals surface area contributed by atoms with Crippen LogP contribution in [0.15, 0.2) is 6.07 Å². The van der Waals surface area contributed by atoms with Gasteiger partial charge < -0.3 is 10.8 Å². The molecule has 13 heavy (non-hydrogen) atoms. The van der Waals surface area contributed by atoms with Gasteiger partial charge in [-0.2, -0.15) is 0 Å². The van der Waals surface area contributed by atoms with Crippen molar-refractivity contribution in [2.24, 2.45) is 5.73 Å². The second-order valence-corrected chi connectivity index (χ2v) is 2.71. The van der Waals surface area contributed by atoms with Gasteiger partial charge in [0.1, 0.15) is 16.6 Å². The van der Waals surface area contributed by atoms with Gasteiger partial charge in [-0.15, -0.1) is 0 Å². The molecule has 72 valence electrons. The fourth-order valence-electron chi connectivity index (χ4n) is 0.837. The highest BCUT2D eigenvalue weighted by Crippen LogP contribution is 2.29.